The minimum Gasteiger partial charge on any atom is -0.494 e. The molecular formula is C20H17N3O2S2. The highest BCUT2D eigenvalue weighted by Crippen LogP contribution is 2.31. The van der Waals surface area contributed by atoms with E-state index < -0.39 is 0 Å². The Morgan fingerprint density at radius 3 is 2.78 bits per heavy atom. The van der Waals surface area contributed by atoms with Gasteiger partial charge in [0.25, 0.3) is 5.91 Å². The van der Waals surface area contributed by atoms with Crippen molar-refractivity contribution in [3.05, 3.63) is 58.4 Å². The molecule has 1 N–H and O–H groups in total. The number of carbonyl (C=O) groups is 1. The summed E-state index contributed by atoms with van der Waals surface area (Å²) in [5.41, 5.74) is 5.15. The summed E-state index contributed by atoms with van der Waals surface area (Å²) in [4.78, 5) is 22.5. The minimum atomic E-state index is -0.169. The predicted molar refractivity (Wildman–Crippen MR) is 111 cm³/mol. The standard InChI is InChI=1S/C20H17N3O2S2/c1-3-25-15-7-4-13(5-8-15)18-12(2)27-20(22-18)23-19(24)14-6-9-16-17(10-14)26-11-21-16/h4-11H,3H2,1-2H3,(H,22,23,24). The van der Waals surface area contributed by atoms with Crippen LogP contribution in [0.2, 0.25) is 0 Å². The Balaban J connectivity index is 1.54. The zero-order valence-electron chi connectivity index (χ0n) is 14.9. The lowest BCUT2D eigenvalue weighted by atomic mass is 10.1. The molecule has 27 heavy (non-hydrogen) atoms. The summed E-state index contributed by atoms with van der Waals surface area (Å²) in [7, 11) is 0. The molecule has 2 heterocycles. The summed E-state index contributed by atoms with van der Waals surface area (Å²) in [6, 6.07) is 13.3. The molecule has 0 spiro atoms. The Labute approximate surface area is 164 Å². The number of ether oxygens (including phenoxy) is 1. The largest absolute Gasteiger partial charge is 0.494 e. The molecule has 5 nitrogen and oxygen atoms in total. The van der Waals surface area contributed by atoms with Gasteiger partial charge >= 0.3 is 0 Å². The second-order valence-corrected chi connectivity index (χ2v) is 7.96. The molecule has 4 rings (SSSR count). The molecule has 7 heteroatoms. The van der Waals surface area contributed by atoms with Gasteiger partial charge in [-0.1, -0.05) is 0 Å². The van der Waals surface area contributed by atoms with Gasteiger partial charge in [-0.2, -0.15) is 0 Å². The van der Waals surface area contributed by atoms with Crippen LogP contribution in [0.25, 0.3) is 21.5 Å². The minimum absolute atomic E-state index is 0.169. The van der Waals surface area contributed by atoms with Gasteiger partial charge < -0.3 is 4.74 Å². The molecule has 0 aliphatic carbocycles. The second-order valence-electron chi connectivity index (χ2n) is 5.87. The van der Waals surface area contributed by atoms with E-state index in [9.17, 15) is 4.79 Å². The van der Waals surface area contributed by atoms with Gasteiger partial charge in [0.2, 0.25) is 0 Å². The fourth-order valence-electron chi connectivity index (χ4n) is 2.76. The molecule has 0 aliphatic rings. The Bertz CT molecular complexity index is 1100. The number of hydrogen-bond acceptors (Lipinski definition) is 6. The van der Waals surface area contributed by atoms with Crippen LogP contribution in [-0.4, -0.2) is 22.5 Å². The maximum Gasteiger partial charge on any atom is 0.257 e. The molecule has 0 bridgehead atoms. The van der Waals surface area contributed by atoms with Crippen molar-refractivity contribution in [2.24, 2.45) is 0 Å². The molecule has 2 aromatic heterocycles. The van der Waals surface area contributed by atoms with Crippen molar-refractivity contribution in [3.8, 4) is 17.0 Å². The first-order valence-corrected chi connectivity index (χ1v) is 10.2. The van der Waals surface area contributed by atoms with Crippen LogP contribution in [0.3, 0.4) is 0 Å². The van der Waals surface area contributed by atoms with Crippen molar-refractivity contribution in [3.63, 3.8) is 0 Å². The average molecular weight is 396 g/mol. The van der Waals surface area contributed by atoms with E-state index in [0.29, 0.717) is 17.3 Å². The van der Waals surface area contributed by atoms with Crippen LogP contribution in [0.5, 0.6) is 5.75 Å². The van der Waals surface area contributed by atoms with Crippen LogP contribution < -0.4 is 10.1 Å². The van der Waals surface area contributed by atoms with Crippen molar-refractivity contribution in [1.29, 1.82) is 0 Å². The van der Waals surface area contributed by atoms with Crippen molar-refractivity contribution >= 4 is 43.9 Å². The fourth-order valence-corrected chi connectivity index (χ4v) is 4.31. The number of amides is 1. The number of aryl methyl sites for hydroxylation is 1. The van der Waals surface area contributed by atoms with Crippen LogP contribution in [-0.2, 0) is 0 Å². The van der Waals surface area contributed by atoms with E-state index in [2.05, 4.69) is 15.3 Å². The van der Waals surface area contributed by atoms with E-state index in [0.717, 1.165) is 32.1 Å². The highest BCUT2D eigenvalue weighted by molar-refractivity contribution is 7.16. The number of fused-ring (bicyclic) bond motifs is 1. The molecule has 0 unspecified atom stereocenters. The number of anilines is 1. The Morgan fingerprint density at radius 2 is 2.00 bits per heavy atom. The number of nitrogens with one attached hydrogen (secondary N) is 1. The van der Waals surface area contributed by atoms with Crippen LogP contribution in [0.15, 0.2) is 48.0 Å². The Kier molecular flexibility index (Phi) is 4.87. The molecule has 1 amide bonds. The third kappa shape index (κ3) is 3.70. The highest BCUT2D eigenvalue weighted by Gasteiger charge is 2.14. The quantitative estimate of drug-likeness (QED) is 0.493. The normalized spacial score (nSPS) is 10.9. The topological polar surface area (TPSA) is 64.1 Å². The highest BCUT2D eigenvalue weighted by atomic mass is 32.1. The Hall–Kier alpha value is -2.77. The zero-order valence-corrected chi connectivity index (χ0v) is 16.5. The van der Waals surface area contributed by atoms with E-state index in [1.165, 1.54) is 22.7 Å². The molecule has 0 aliphatic heterocycles. The van der Waals surface area contributed by atoms with Crippen LogP contribution in [0.4, 0.5) is 5.13 Å². The first kappa shape index (κ1) is 17.6. The van der Waals surface area contributed by atoms with E-state index in [1.54, 1.807) is 11.6 Å². The molecule has 0 radical (unpaired) electrons. The van der Waals surface area contributed by atoms with Crippen molar-refractivity contribution in [2.75, 3.05) is 11.9 Å². The third-order valence-electron chi connectivity index (χ3n) is 4.05. The number of hydrogen-bond donors (Lipinski definition) is 1. The van der Waals surface area contributed by atoms with Gasteiger partial charge in [-0.05, 0) is 56.3 Å². The average Bonchev–Trinajstić information content (AvgIpc) is 3.28. The predicted octanol–water partition coefficient (Wildman–Crippen LogP) is 5.38. The first-order chi connectivity index (χ1) is 13.1. The van der Waals surface area contributed by atoms with Crippen LogP contribution in [0.1, 0.15) is 22.2 Å². The lowest BCUT2D eigenvalue weighted by Gasteiger charge is -2.04. The smallest absolute Gasteiger partial charge is 0.257 e. The maximum atomic E-state index is 12.6. The van der Waals surface area contributed by atoms with Gasteiger partial charge in [-0.3, -0.25) is 10.1 Å². The van der Waals surface area contributed by atoms with Crippen molar-refractivity contribution in [2.45, 2.75) is 13.8 Å². The number of aromatic nitrogens is 2. The van der Waals surface area contributed by atoms with Gasteiger partial charge in [0.05, 0.1) is 28.0 Å². The maximum absolute atomic E-state index is 12.6. The summed E-state index contributed by atoms with van der Waals surface area (Å²) in [5.74, 6) is 0.665. The molecule has 0 atom stereocenters. The van der Waals surface area contributed by atoms with Crippen LogP contribution in [0, 0.1) is 6.92 Å². The van der Waals surface area contributed by atoms with E-state index >= 15 is 0 Å². The van der Waals surface area contributed by atoms with Crippen LogP contribution >= 0.6 is 22.7 Å². The molecule has 0 fully saturated rings. The first-order valence-electron chi connectivity index (χ1n) is 8.49. The number of thiazole rings is 2. The molecule has 136 valence electrons. The second kappa shape index (κ2) is 7.46. The number of benzene rings is 2. The number of carbonyl (C=O) groups excluding carboxylic acids is 1. The van der Waals surface area contributed by atoms with Gasteiger partial charge in [0.1, 0.15) is 5.75 Å². The van der Waals surface area contributed by atoms with Gasteiger partial charge in [0, 0.05) is 16.0 Å². The zero-order chi connectivity index (χ0) is 18.8. The lowest BCUT2D eigenvalue weighted by Crippen LogP contribution is -2.11. The van der Waals surface area contributed by atoms with Crippen molar-refractivity contribution in [1.82, 2.24) is 9.97 Å². The Morgan fingerprint density at radius 1 is 1.19 bits per heavy atom. The van der Waals surface area contributed by atoms with E-state index in [4.69, 9.17) is 4.74 Å². The van der Waals surface area contributed by atoms with Gasteiger partial charge in [-0.15, -0.1) is 22.7 Å². The van der Waals surface area contributed by atoms with E-state index in [1.807, 2.05) is 50.2 Å². The number of rotatable bonds is 5. The van der Waals surface area contributed by atoms with Crippen molar-refractivity contribution < 1.29 is 9.53 Å². The van der Waals surface area contributed by atoms with Gasteiger partial charge in [-0.25, -0.2) is 9.97 Å². The summed E-state index contributed by atoms with van der Waals surface area (Å²) < 4.78 is 6.47. The molecule has 4 aromatic rings. The molecule has 0 saturated heterocycles. The lowest BCUT2D eigenvalue weighted by molar-refractivity contribution is 0.102. The summed E-state index contributed by atoms with van der Waals surface area (Å²) in [6.07, 6.45) is 0. The monoisotopic (exact) mass is 395 g/mol. The SMILES string of the molecule is CCOc1ccc(-c2nc(NC(=O)c3ccc4ncsc4c3)sc2C)cc1. The fraction of sp³-hybridized carbons (Fsp3) is 0.150. The number of nitrogens with zero attached hydrogens (tertiary/aromatic N) is 2. The molecule has 0 saturated carbocycles. The molecule has 2 aromatic carbocycles. The van der Waals surface area contributed by atoms with E-state index in [-0.39, 0.29) is 5.91 Å². The summed E-state index contributed by atoms with van der Waals surface area (Å²) >= 11 is 2.99. The third-order valence-corrected chi connectivity index (χ3v) is 5.73. The summed E-state index contributed by atoms with van der Waals surface area (Å²) in [5, 5.41) is 3.49. The molecular weight excluding hydrogens is 378 g/mol. The summed E-state index contributed by atoms with van der Waals surface area (Å²) in [6.45, 7) is 4.60. The van der Waals surface area contributed by atoms with Gasteiger partial charge in [0.15, 0.2) is 5.13 Å².